The van der Waals surface area contributed by atoms with Crippen LogP contribution in [0, 0.1) is 0 Å². The molecular formula is C34H19BrN2O8. The maximum absolute atomic E-state index is 11.8. The van der Waals surface area contributed by atoms with Gasteiger partial charge < -0.3 is 29.6 Å². The number of benzene rings is 5. The summed E-state index contributed by atoms with van der Waals surface area (Å²) in [7, 11) is 0. The van der Waals surface area contributed by atoms with Crippen molar-refractivity contribution >= 4 is 83.4 Å². The highest BCUT2D eigenvalue weighted by Gasteiger charge is 2.20. The number of aromatic nitrogens is 2. The van der Waals surface area contributed by atoms with Gasteiger partial charge in [-0.25, -0.2) is 19.2 Å². The normalized spacial score (nSPS) is 11.5. The zero-order chi connectivity index (χ0) is 31.7. The van der Waals surface area contributed by atoms with Gasteiger partial charge in [-0.2, -0.15) is 0 Å². The first-order valence-electron chi connectivity index (χ1n) is 13.4. The molecule has 0 bridgehead atoms. The quantitative estimate of drug-likeness (QED) is 0.143. The number of aromatic carboxylic acids is 4. The van der Waals surface area contributed by atoms with E-state index in [9.17, 15) is 39.6 Å². The van der Waals surface area contributed by atoms with Gasteiger partial charge in [-0.15, -0.1) is 0 Å². The fourth-order valence-electron chi connectivity index (χ4n) is 5.95. The van der Waals surface area contributed by atoms with Gasteiger partial charge in [0.1, 0.15) is 0 Å². The second kappa shape index (κ2) is 10.1. The fourth-order valence-corrected chi connectivity index (χ4v) is 6.42. The highest BCUT2D eigenvalue weighted by atomic mass is 79.9. The predicted molar refractivity (Wildman–Crippen MR) is 171 cm³/mol. The second-order valence-corrected chi connectivity index (χ2v) is 11.4. The number of halogens is 1. The summed E-state index contributed by atoms with van der Waals surface area (Å²) in [5.41, 5.74) is 4.19. The number of carboxylic acid groups (broad SMARTS) is 4. The van der Waals surface area contributed by atoms with Gasteiger partial charge in [0, 0.05) is 37.4 Å². The van der Waals surface area contributed by atoms with Crippen LogP contribution in [0.1, 0.15) is 41.4 Å². The number of rotatable bonds is 6. The van der Waals surface area contributed by atoms with Crippen LogP contribution in [0.4, 0.5) is 0 Å². The van der Waals surface area contributed by atoms with Crippen molar-refractivity contribution in [3.05, 3.63) is 118 Å². The van der Waals surface area contributed by atoms with E-state index >= 15 is 0 Å². The van der Waals surface area contributed by atoms with Crippen molar-refractivity contribution in [2.24, 2.45) is 0 Å². The van der Waals surface area contributed by atoms with Crippen LogP contribution < -0.4 is 0 Å². The van der Waals surface area contributed by atoms with Crippen molar-refractivity contribution in [2.75, 3.05) is 0 Å². The van der Waals surface area contributed by atoms with E-state index in [1.165, 1.54) is 48.5 Å². The standard InChI is InChI=1S/C34H19BrN2O8/c35-20-13-21(36-27-5-1-16(31(38)39)9-23(27)24-10-17(32(40)41)2-6-28(24)36)15-22(14-20)37-29-7-3-18(33(42)43)11-25(29)26-12-19(34(44)45)4-8-30(26)37/h1-15H,(H,38,39)(H,40,41)(H,42,43)(H,44,45). The molecule has 7 rings (SSSR count). The second-order valence-electron chi connectivity index (χ2n) is 10.5. The maximum atomic E-state index is 11.8. The lowest BCUT2D eigenvalue weighted by molar-refractivity contribution is 0.0686. The summed E-state index contributed by atoms with van der Waals surface area (Å²) < 4.78 is 4.51. The predicted octanol–water partition coefficient (Wildman–Crippen LogP) is 7.44. The smallest absolute Gasteiger partial charge is 0.335 e. The van der Waals surface area contributed by atoms with Gasteiger partial charge in [-0.3, -0.25) is 0 Å². The van der Waals surface area contributed by atoms with Gasteiger partial charge in [-0.1, -0.05) is 15.9 Å². The molecule has 4 N–H and O–H groups in total. The lowest BCUT2D eigenvalue weighted by Gasteiger charge is -2.14. The molecule has 0 saturated carbocycles. The average Bonchev–Trinajstić information content (AvgIpc) is 3.51. The number of hydrogen-bond acceptors (Lipinski definition) is 4. The minimum Gasteiger partial charge on any atom is -0.478 e. The molecule has 0 amide bonds. The Morgan fingerprint density at radius 3 is 0.933 bits per heavy atom. The Labute approximate surface area is 260 Å². The van der Waals surface area contributed by atoms with Gasteiger partial charge in [0.2, 0.25) is 0 Å². The number of hydrogen-bond donors (Lipinski definition) is 4. The van der Waals surface area contributed by atoms with Crippen LogP contribution in [0.15, 0.2) is 95.5 Å². The molecule has 0 saturated heterocycles. The molecule has 0 fully saturated rings. The number of carbonyl (C=O) groups is 4. The third kappa shape index (κ3) is 4.40. The van der Waals surface area contributed by atoms with Crippen molar-refractivity contribution < 1.29 is 39.6 Å². The Kier molecular flexibility index (Phi) is 6.23. The molecule has 220 valence electrons. The van der Waals surface area contributed by atoms with Gasteiger partial charge in [-0.05, 0) is 91.0 Å². The summed E-state index contributed by atoms with van der Waals surface area (Å²) >= 11 is 3.63. The van der Waals surface area contributed by atoms with E-state index in [0.717, 1.165) is 0 Å². The Balaban J connectivity index is 1.54. The highest BCUT2D eigenvalue weighted by Crippen LogP contribution is 2.38. The molecule has 5 aromatic carbocycles. The van der Waals surface area contributed by atoms with Gasteiger partial charge in [0.05, 0.1) is 44.3 Å². The molecule has 0 aliphatic carbocycles. The lowest BCUT2D eigenvalue weighted by atomic mass is 10.1. The van der Waals surface area contributed by atoms with Crippen molar-refractivity contribution in [2.45, 2.75) is 0 Å². The molecule has 2 aromatic heterocycles. The van der Waals surface area contributed by atoms with Gasteiger partial charge >= 0.3 is 23.9 Å². The molecule has 2 heterocycles. The summed E-state index contributed by atoms with van der Waals surface area (Å²) in [5, 5.41) is 40.9. The van der Waals surface area contributed by atoms with E-state index in [-0.39, 0.29) is 22.3 Å². The summed E-state index contributed by atoms with van der Waals surface area (Å²) in [6, 6.07) is 24.4. The third-order valence-corrected chi connectivity index (χ3v) is 8.36. The Hall–Kier alpha value is -5.94. The van der Waals surface area contributed by atoms with E-state index in [1.54, 1.807) is 24.3 Å². The molecule has 0 unspecified atom stereocenters. The maximum Gasteiger partial charge on any atom is 0.335 e. The monoisotopic (exact) mass is 662 g/mol. The van der Waals surface area contributed by atoms with Crippen LogP contribution in [0.3, 0.4) is 0 Å². The van der Waals surface area contributed by atoms with Crippen molar-refractivity contribution in [3.8, 4) is 11.4 Å². The summed E-state index contributed by atoms with van der Waals surface area (Å²) in [6.45, 7) is 0. The molecule has 7 aromatic rings. The number of fused-ring (bicyclic) bond motifs is 6. The average molecular weight is 663 g/mol. The molecule has 0 spiro atoms. The van der Waals surface area contributed by atoms with Crippen LogP contribution in [-0.2, 0) is 0 Å². The molecule has 0 aliphatic rings. The molecule has 10 nitrogen and oxygen atoms in total. The van der Waals surface area contributed by atoms with Crippen LogP contribution in [0.25, 0.3) is 55.0 Å². The molecular weight excluding hydrogens is 644 g/mol. The first-order valence-corrected chi connectivity index (χ1v) is 14.2. The van der Waals surface area contributed by atoms with E-state index in [4.69, 9.17) is 0 Å². The zero-order valence-electron chi connectivity index (χ0n) is 22.9. The summed E-state index contributed by atoms with van der Waals surface area (Å²) in [6.07, 6.45) is 0. The third-order valence-electron chi connectivity index (χ3n) is 7.90. The highest BCUT2D eigenvalue weighted by molar-refractivity contribution is 9.10. The number of carboxylic acids is 4. The lowest BCUT2D eigenvalue weighted by Crippen LogP contribution is -2.01. The summed E-state index contributed by atoms with van der Waals surface area (Å²) in [4.78, 5) is 47.2. The summed E-state index contributed by atoms with van der Waals surface area (Å²) in [5.74, 6) is -4.44. The first-order chi connectivity index (χ1) is 21.5. The van der Waals surface area contributed by atoms with Gasteiger partial charge in [0.25, 0.3) is 0 Å². The SMILES string of the molecule is O=C(O)c1ccc2c(c1)c1cc(C(=O)O)ccc1n2-c1cc(Br)cc(-n2c3ccc(C(=O)O)cc3c3cc(C(=O)O)ccc32)c1. The Morgan fingerprint density at radius 1 is 0.422 bits per heavy atom. The van der Waals surface area contributed by atoms with E-state index < -0.39 is 23.9 Å². The first kappa shape index (κ1) is 27.9. The van der Waals surface area contributed by atoms with Crippen LogP contribution in [-0.4, -0.2) is 53.4 Å². The van der Waals surface area contributed by atoms with Gasteiger partial charge in [0.15, 0.2) is 0 Å². The van der Waals surface area contributed by atoms with E-state index in [1.807, 2.05) is 27.3 Å². The van der Waals surface area contributed by atoms with Crippen LogP contribution in [0.5, 0.6) is 0 Å². The number of nitrogens with zero attached hydrogens (tertiary/aromatic N) is 2. The molecule has 11 heteroatoms. The molecule has 0 atom stereocenters. The van der Waals surface area contributed by atoms with E-state index in [2.05, 4.69) is 15.9 Å². The minimum atomic E-state index is -1.11. The molecule has 0 aliphatic heterocycles. The largest absolute Gasteiger partial charge is 0.478 e. The fraction of sp³-hybridized carbons (Fsp3) is 0. The minimum absolute atomic E-state index is 0.0592. The Morgan fingerprint density at radius 2 is 0.689 bits per heavy atom. The van der Waals surface area contributed by atoms with Crippen molar-refractivity contribution in [3.63, 3.8) is 0 Å². The zero-order valence-corrected chi connectivity index (χ0v) is 24.4. The van der Waals surface area contributed by atoms with Crippen molar-refractivity contribution in [1.82, 2.24) is 9.13 Å². The topological polar surface area (TPSA) is 159 Å². The molecule has 0 radical (unpaired) electrons. The van der Waals surface area contributed by atoms with Crippen LogP contribution >= 0.6 is 15.9 Å². The Bertz CT molecular complexity index is 2160. The van der Waals surface area contributed by atoms with Crippen molar-refractivity contribution in [1.29, 1.82) is 0 Å². The molecule has 45 heavy (non-hydrogen) atoms. The van der Waals surface area contributed by atoms with E-state index in [0.29, 0.717) is 59.5 Å². The van der Waals surface area contributed by atoms with Crippen LogP contribution in [0.2, 0.25) is 0 Å².